The van der Waals surface area contributed by atoms with E-state index in [1.54, 1.807) is 91.0 Å². The lowest BCUT2D eigenvalue weighted by Gasteiger charge is -2.24. The second-order valence-electron chi connectivity index (χ2n) is 9.04. The number of benzene rings is 3. The van der Waals surface area contributed by atoms with Crippen molar-refractivity contribution in [3.05, 3.63) is 120 Å². The Hall–Kier alpha value is -5.36. The van der Waals surface area contributed by atoms with Gasteiger partial charge in [0.1, 0.15) is 19.0 Å². The van der Waals surface area contributed by atoms with E-state index >= 15 is 0 Å². The molecule has 0 spiro atoms. The molecule has 12 nitrogen and oxygen atoms in total. The van der Waals surface area contributed by atoms with E-state index in [4.69, 9.17) is 18.9 Å². The molecule has 0 amide bonds. The molecule has 214 valence electrons. The summed E-state index contributed by atoms with van der Waals surface area (Å²) >= 11 is 0. The first-order valence-corrected chi connectivity index (χ1v) is 12.8. The molecule has 0 aliphatic carbocycles. The highest BCUT2D eigenvalue weighted by atomic mass is 16.7. The Balaban J connectivity index is 1.47. The highest BCUT2D eigenvalue weighted by Crippen LogP contribution is 2.35. The van der Waals surface area contributed by atoms with Gasteiger partial charge in [-0.1, -0.05) is 54.6 Å². The highest BCUT2D eigenvalue weighted by Gasteiger charge is 2.52. The van der Waals surface area contributed by atoms with Gasteiger partial charge in [0.2, 0.25) is 0 Å². The number of aromatic nitrogens is 3. The van der Waals surface area contributed by atoms with E-state index in [-0.39, 0.29) is 23.6 Å². The second kappa shape index (κ2) is 12.9. The summed E-state index contributed by atoms with van der Waals surface area (Å²) in [5, 5.41) is 4.11. The number of ether oxygens (including phenoxy) is 5. The van der Waals surface area contributed by atoms with Gasteiger partial charge in [0.25, 0.3) is 5.82 Å². The monoisotopic (exact) mass is 571 g/mol. The molecular formula is C30H25N3O9. The maximum absolute atomic E-state index is 13.2. The fourth-order valence-corrected chi connectivity index (χ4v) is 4.25. The molecule has 1 fully saturated rings. The molecular weight excluding hydrogens is 546 g/mol. The molecule has 1 aromatic heterocycles. The van der Waals surface area contributed by atoms with E-state index in [9.17, 15) is 19.2 Å². The summed E-state index contributed by atoms with van der Waals surface area (Å²) < 4.78 is 29.1. The van der Waals surface area contributed by atoms with Gasteiger partial charge in [0, 0.05) is 0 Å². The van der Waals surface area contributed by atoms with E-state index in [1.165, 1.54) is 13.4 Å². The number of hydrogen-bond donors (Lipinski definition) is 0. The molecule has 4 atom stereocenters. The van der Waals surface area contributed by atoms with Crippen LogP contribution in [0.3, 0.4) is 0 Å². The zero-order valence-corrected chi connectivity index (χ0v) is 22.3. The smallest absolute Gasteiger partial charge is 0.377 e. The molecule has 42 heavy (non-hydrogen) atoms. The molecule has 1 aliphatic rings. The van der Waals surface area contributed by atoms with Crippen molar-refractivity contribution in [2.75, 3.05) is 13.7 Å². The van der Waals surface area contributed by atoms with Crippen LogP contribution in [0.25, 0.3) is 0 Å². The molecule has 3 aromatic carbocycles. The van der Waals surface area contributed by atoms with Crippen molar-refractivity contribution in [3.63, 3.8) is 0 Å². The number of rotatable bonds is 9. The largest absolute Gasteiger partial charge is 0.463 e. The standard InChI is InChI=1S/C30H25N3O9/c1-38-30(37)25-31-18-33(32-25)26-24(42-29(36)21-15-9-4-10-16-21)23(41-28(35)20-13-7-3-8-14-20)22(40-26)17-39-27(34)19-11-5-2-6-12-19/h2-16,18,22-24,26H,17H2,1H3/t22-,23-,24-,26-/m1/s1. The molecule has 1 saturated heterocycles. The van der Waals surface area contributed by atoms with Crippen LogP contribution < -0.4 is 0 Å². The lowest BCUT2D eigenvalue weighted by atomic mass is 10.1. The zero-order valence-electron chi connectivity index (χ0n) is 22.3. The van der Waals surface area contributed by atoms with Crippen molar-refractivity contribution in [2.24, 2.45) is 0 Å². The fraction of sp³-hybridized carbons (Fsp3) is 0.200. The Morgan fingerprint density at radius 2 is 1.21 bits per heavy atom. The Kier molecular flexibility index (Phi) is 8.64. The Morgan fingerprint density at radius 1 is 0.714 bits per heavy atom. The van der Waals surface area contributed by atoms with Gasteiger partial charge < -0.3 is 23.7 Å². The van der Waals surface area contributed by atoms with Gasteiger partial charge in [-0.3, -0.25) is 0 Å². The summed E-state index contributed by atoms with van der Waals surface area (Å²) in [6.07, 6.45) is -3.69. The van der Waals surface area contributed by atoms with Crippen molar-refractivity contribution in [1.82, 2.24) is 14.8 Å². The van der Waals surface area contributed by atoms with Gasteiger partial charge in [0.15, 0.2) is 18.4 Å². The fourth-order valence-electron chi connectivity index (χ4n) is 4.25. The first-order chi connectivity index (χ1) is 20.4. The Bertz CT molecular complexity index is 1540. The molecule has 0 unspecified atom stereocenters. The number of hydrogen-bond acceptors (Lipinski definition) is 11. The normalized spacial score (nSPS) is 19.5. The van der Waals surface area contributed by atoms with Crippen molar-refractivity contribution in [3.8, 4) is 0 Å². The third kappa shape index (κ3) is 6.34. The van der Waals surface area contributed by atoms with Crippen LogP contribution in [-0.4, -0.2) is 70.7 Å². The van der Waals surface area contributed by atoms with E-state index in [0.29, 0.717) is 5.56 Å². The van der Waals surface area contributed by atoms with Crippen LogP contribution in [0.4, 0.5) is 0 Å². The van der Waals surface area contributed by atoms with Crippen LogP contribution in [0.1, 0.15) is 47.9 Å². The van der Waals surface area contributed by atoms with Crippen LogP contribution >= 0.6 is 0 Å². The topological polar surface area (TPSA) is 145 Å². The number of carbonyl (C=O) groups excluding carboxylic acids is 4. The first-order valence-electron chi connectivity index (χ1n) is 12.8. The van der Waals surface area contributed by atoms with Gasteiger partial charge >= 0.3 is 23.9 Å². The molecule has 0 N–H and O–H groups in total. The minimum Gasteiger partial charge on any atom is -0.463 e. The minimum absolute atomic E-state index is 0.234. The molecule has 4 aromatic rings. The Labute approximate surface area is 239 Å². The SMILES string of the molecule is COC(=O)c1ncn([C@@H]2O[C@H](COC(=O)c3ccccc3)[C@@H](OC(=O)c3ccccc3)[C@H]2OC(=O)c2ccccc2)n1. The zero-order chi connectivity index (χ0) is 29.5. The maximum Gasteiger partial charge on any atom is 0.377 e. The average Bonchev–Trinajstić information content (AvgIpc) is 3.66. The molecule has 2 heterocycles. The number of esters is 4. The summed E-state index contributed by atoms with van der Waals surface area (Å²) in [5.41, 5.74) is 0.774. The number of carbonyl (C=O) groups is 4. The van der Waals surface area contributed by atoms with Crippen LogP contribution in [-0.2, 0) is 23.7 Å². The van der Waals surface area contributed by atoms with E-state index in [1.807, 2.05) is 0 Å². The third-order valence-corrected chi connectivity index (χ3v) is 6.32. The summed E-state index contributed by atoms with van der Waals surface area (Å²) in [7, 11) is 1.18. The molecule has 5 rings (SSSR count). The Morgan fingerprint density at radius 3 is 1.74 bits per heavy atom. The number of nitrogens with zero attached hydrogens (tertiary/aromatic N) is 3. The summed E-state index contributed by atoms with van der Waals surface area (Å²) in [4.78, 5) is 55.0. The molecule has 0 saturated carbocycles. The van der Waals surface area contributed by atoms with Gasteiger partial charge in [0.05, 0.1) is 23.8 Å². The summed E-state index contributed by atoms with van der Waals surface area (Å²) in [5.74, 6) is -3.16. The van der Waals surface area contributed by atoms with E-state index in [2.05, 4.69) is 14.8 Å². The summed E-state index contributed by atoms with van der Waals surface area (Å²) in [6.45, 7) is -0.366. The highest BCUT2D eigenvalue weighted by molar-refractivity contribution is 5.91. The van der Waals surface area contributed by atoms with Crippen LogP contribution in [0.2, 0.25) is 0 Å². The predicted octanol–water partition coefficient (Wildman–Crippen LogP) is 3.27. The number of methoxy groups -OCH3 is 1. The van der Waals surface area contributed by atoms with Gasteiger partial charge in [-0.25, -0.2) is 28.8 Å². The molecule has 0 radical (unpaired) electrons. The van der Waals surface area contributed by atoms with Crippen molar-refractivity contribution < 1.29 is 42.9 Å². The van der Waals surface area contributed by atoms with Gasteiger partial charge in [-0.15, -0.1) is 5.10 Å². The minimum atomic E-state index is -1.29. The van der Waals surface area contributed by atoms with E-state index in [0.717, 1.165) is 4.68 Å². The maximum atomic E-state index is 13.2. The van der Waals surface area contributed by atoms with E-state index < -0.39 is 48.4 Å². The average molecular weight is 572 g/mol. The predicted molar refractivity (Wildman–Crippen MR) is 143 cm³/mol. The lowest BCUT2D eigenvalue weighted by molar-refractivity contribution is -0.0674. The van der Waals surface area contributed by atoms with Gasteiger partial charge in [-0.05, 0) is 36.4 Å². The molecule has 0 bridgehead atoms. The van der Waals surface area contributed by atoms with Crippen molar-refractivity contribution in [2.45, 2.75) is 24.5 Å². The summed E-state index contributed by atoms with van der Waals surface area (Å²) in [6, 6.07) is 24.7. The second-order valence-corrected chi connectivity index (χ2v) is 9.04. The third-order valence-electron chi connectivity index (χ3n) is 6.32. The van der Waals surface area contributed by atoms with Crippen molar-refractivity contribution in [1.29, 1.82) is 0 Å². The molecule has 1 aliphatic heterocycles. The van der Waals surface area contributed by atoms with Crippen LogP contribution in [0, 0.1) is 0 Å². The first kappa shape index (κ1) is 28.2. The van der Waals surface area contributed by atoms with Crippen LogP contribution in [0.5, 0.6) is 0 Å². The van der Waals surface area contributed by atoms with Crippen molar-refractivity contribution >= 4 is 23.9 Å². The molecule has 12 heteroatoms. The van der Waals surface area contributed by atoms with Crippen LogP contribution in [0.15, 0.2) is 97.3 Å². The van der Waals surface area contributed by atoms with Gasteiger partial charge in [-0.2, -0.15) is 0 Å². The quantitative estimate of drug-likeness (QED) is 0.216. The lowest BCUT2D eigenvalue weighted by Crippen LogP contribution is -2.41.